The number of halogens is 2. The lowest BCUT2D eigenvalue weighted by atomic mass is 10.2. The molecule has 2 N–H and O–H groups in total. The second-order valence-corrected chi connectivity index (χ2v) is 6.16. The normalized spacial score (nSPS) is 11.4. The largest absolute Gasteiger partial charge is 0.392 e. The van der Waals surface area contributed by atoms with Crippen molar-refractivity contribution in [3.8, 4) is 0 Å². The van der Waals surface area contributed by atoms with Crippen molar-refractivity contribution in [3.63, 3.8) is 0 Å². The molecule has 0 bridgehead atoms. The van der Waals surface area contributed by atoms with Crippen LogP contribution in [0.2, 0.25) is 0 Å². The second kappa shape index (κ2) is 5.79. The van der Waals surface area contributed by atoms with Gasteiger partial charge in [-0.1, -0.05) is 0 Å². The summed E-state index contributed by atoms with van der Waals surface area (Å²) in [5.41, 5.74) is 0.531. The van der Waals surface area contributed by atoms with Crippen LogP contribution in [0.5, 0.6) is 0 Å². The van der Waals surface area contributed by atoms with E-state index in [1.54, 1.807) is 6.92 Å². The predicted molar refractivity (Wildman–Crippen MR) is 74.3 cm³/mol. The van der Waals surface area contributed by atoms with E-state index in [0.29, 0.717) is 5.56 Å². The van der Waals surface area contributed by atoms with Gasteiger partial charge in [0.2, 0.25) is 0 Å². The van der Waals surface area contributed by atoms with Gasteiger partial charge in [0, 0.05) is 5.56 Å². The molecule has 0 atom stereocenters. The Morgan fingerprint density at radius 2 is 1.86 bits per heavy atom. The van der Waals surface area contributed by atoms with Crippen molar-refractivity contribution in [2.45, 2.75) is 18.4 Å². The Morgan fingerprint density at radius 3 is 2.48 bits per heavy atom. The minimum atomic E-state index is -3.95. The van der Waals surface area contributed by atoms with Gasteiger partial charge in [-0.2, -0.15) is 0 Å². The summed E-state index contributed by atoms with van der Waals surface area (Å²) in [6.45, 7) is 0.954. The van der Waals surface area contributed by atoms with Gasteiger partial charge in [-0.25, -0.2) is 17.2 Å². The van der Waals surface area contributed by atoms with Crippen molar-refractivity contribution >= 4 is 15.7 Å². The van der Waals surface area contributed by atoms with Crippen LogP contribution in [0.3, 0.4) is 0 Å². The molecule has 2 aromatic carbocycles. The third-order valence-electron chi connectivity index (χ3n) is 2.93. The van der Waals surface area contributed by atoms with Crippen molar-refractivity contribution < 1.29 is 22.3 Å². The Hall–Kier alpha value is -1.99. The molecule has 112 valence electrons. The molecule has 0 saturated carbocycles. The summed E-state index contributed by atoms with van der Waals surface area (Å²) in [5, 5.41) is 8.98. The highest BCUT2D eigenvalue weighted by Gasteiger charge is 2.17. The Labute approximate surface area is 121 Å². The standard InChI is InChI=1S/C14H13F2NO3S/c1-9-6-11(15)2-5-14(9)17-21(19,20)12-3-4-13(16)10(7-12)8-18/h2-7,17-18H,8H2,1H3. The minimum absolute atomic E-state index is 0.117. The first kappa shape index (κ1) is 15.4. The number of aliphatic hydroxyl groups is 1. The van der Waals surface area contributed by atoms with Crippen LogP contribution in [-0.2, 0) is 16.6 Å². The number of sulfonamides is 1. The summed E-state index contributed by atoms with van der Waals surface area (Å²) in [6, 6.07) is 6.75. The topological polar surface area (TPSA) is 66.4 Å². The molecule has 0 unspecified atom stereocenters. The van der Waals surface area contributed by atoms with Crippen LogP contribution in [0.15, 0.2) is 41.3 Å². The maximum absolute atomic E-state index is 13.3. The highest BCUT2D eigenvalue weighted by molar-refractivity contribution is 7.92. The molecule has 4 nitrogen and oxygen atoms in total. The van der Waals surface area contributed by atoms with Gasteiger partial charge in [0.15, 0.2) is 0 Å². The number of aryl methyl sites for hydroxylation is 1. The third-order valence-corrected chi connectivity index (χ3v) is 4.29. The van der Waals surface area contributed by atoms with Crippen LogP contribution in [0.25, 0.3) is 0 Å². The van der Waals surface area contributed by atoms with Crippen molar-refractivity contribution in [3.05, 3.63) is 59.2 Å². The first-order valence-corrected chi connectivity index (χ1v) is 7.50. The second-order valence-electron chi connectivity index (χ2n) is 4.48. The number of aliphatic hydroxyl groups excluding tert-OH is 1. The third kappa shape index (κ3) is 3.37. The molecular weight excluding hydrogens is 300 g/mol. The molecule has 0 aliphatic heterocycles. The lowest BCUT2D eigenvalue weighted by Gasteiger charge is -2.11. The fraction of sp³-hybridized carbons (Fsp3) is 0.143. The zero-order valence-electron chi connectivity index (χ0n) is 11.1. The molecule has 2 aromatic rings. The Morgan fingerprint density at radius 1 is 1.14 bits per heavy atom. The first-order chi connectivity index (χ1) is 9.83. The summed E-state index contributed by atoms with van der Waals surface area (Å²) in [5.74, 6) is -1.16. The number of benzene rings is 2. The van der Waals surface area contributed by atoms with Crippen LogP contribution in [0.4, 0.5) is 14.5 Å². The van der Waals surface area contributed by atoms with Crippen molar-refractivity contribution in [2.24, 2.45) is 0 Å². The van der Waals surface area contributed by atoms with Crippen LogP contribution in [0.1, 0.15) is 11.1 Å². The molecule has 0 saturated heterocycles. The summed E-state index contributed by atoms with van der Waals surface area (Å²) in [7, 11) is -3.95. The van der Waals surface area contributed by atoms with Gasteiger partial charge in [-0.05, 0) is 48.9 Å². The lowest BCUT2D eigenvalue weighted by molar-refractivity contribution is 0.275. The van der Waals surface area contributed by atoms with E-state index in [4.69, 9.17) is 5.11 Å². The van der Waals surface area contributed by atoms with E-state index in [2.05, 4.69) is 4.72 Å². The molecule has 0 radical (unpaired) electrons. The first-order valence-electron chi connectivity index (χ1n) is 6.02. The predicted octanol–water partition coefficient (Wildman–Crippen LogP) is 2.57. The number of hydrogen-bond donors (Lipinski definition) is 2. The Balaban J connectivity index is 2.38. The molecule has 0 fully saturated rings. The van der Waals surface area contributed by atoms with E-state index in [-0.39, 0.29) is 16.1 Å². The number of hydrogen-bond acceptors (Lipinski definition) is 3. The Bertz CT molecular complexity index is 776. The van der Waals surface area contributed by atoms with E-state index in [1.165, 1.54) is 12.1 Å². The molecule has 0 aliphatic carbocycles. The van der Waals surface area contributed by atoms with Gasteiger partial charge in [-0.3, -0.25) is 4.72 Å². The maximum Gasteiger partial charge on any atom is 0.261 e. The van der Waals surface area contributed by atoms with E-state index < -0.39 is 28.3 Å². The molecule has 21 heavy (non-hydrogen) atoms. The van der Waals surface area contributed by atoms with Gasteiger partial charge in [-0.15, -0.1) is 0 Å². The number of rotatable bonds is 4. The summed E-state index contributed by atoms with van der Waals surface area (Å²) >= 11 is 0. The number of nitrogens with one attached hydrogen (secondary N) is 1. The summed E-state index contributed by atoms with van der Waals surface area (Å²) in [6.07, 6.45) is 0. The molecule has 0 spiro atoms. The van der Waals surface area contributed by atoms with Crippen LogP contribution in [-0.4, -0.2) is 13.5 Å². The molecule has 7 heteroatoms. The van der Waals surface area contributed by atoms with Crippen molar-refractivity contribution in [2.75, 3.05) is 4.72 Å². The monoisotopic (exact) mass is 313 g/mol. The SMILES string of the molecule is Cc1cc(F)ccc1NS(=O)(=O)c1ccc(F)c(CO)c1. The highest BCUT2D eigenvalue weighted by Crippen LogP contribution is 2.22. The fourth-order valence-electron chi connectivity index (χ4n) is 1.78. The molecule has 0 heterocycles. The van der Waals surface area contributed by atoms with Gasteiger partial charge < -0.3 is 5.11 Å². The number of anilines is 1. The smallest absolute Gasteiger partial charge is 0.261 e. The van der Waals surface area contributed by atoms with E-state index in [0.717, 1.165) is 24.3 Å². The average Bonchev–Trinajstić information content (AvgIpc) is 2.42. The molecule has 0 aromatic heterocycles. The zero-order chi connectivity index (χ0) is 15.6. The van der Waals surface area contributed by atoms with Crippen molar-refractivity contribution in [1.82, 2.24) is 0 Å². The van der Waals surface area contributed by atoms with Crippen LogP contribution in [0, 0.1) is 18.6 Å². The van der Waals surface area contributed by atoms with Gasteiger partial charge in [0.25, 0.3) is 10.0 Å². The summed E-state index contributed by atoms with van der Waals surface area (Å²) < 4.78 is 53.0. The average molecular weight is 313 g/mol. The molecule has 0 aliphatic rings. The zero-order valence-corrected chi connectivity index (χ0v) is 11.9. The van der Waals surface area contributed by atoms with Gasteiger partial charge in [0.05, 0.1) is 17.2 Å². The molecular formula is C14H13F2NO3S. The lowest BCUT2D eigenvalue weighted by Crippen LogP contribution is -2.14. The summed E-state index contributed by atoms with van der Waals surface area (Å²) in [4.78, 5) is -0.184. The van der Waals surface area contributed by atoms with Crippen LogP contribution < -0.4 is 4.72 Å². The van der Waals surface area contributed by atoms with Gasteiger partial charge in [0.1, 0.15) is 11.6 Å². The Kier molecular flexibility index (Phi) is 4.24. The minimum Gasteiger partial charge on any atom is -0.392 e. The van der Waals surface area contributed by atoms with Crippen molar-refractivity contribution in [1.29, 1.82) is 0 Å². The highest BCUT2D eigenvalue weighted by atomic mass is 32.2. The van der Waals surface area contributed by atoms with E-state index in [1.807, 2.05) is 0 Å². The van der Waals surface area contributed by atoms with Gasteiger partial charge >= 0.3 is 0 Å². The van der Waals surface area contributed by atoms with E-state index >= 15 is 0 Å². The fourth-order valence-corrected chi connectivity index (χ4v) is 2.97. The molecule has 0 amide bonds. The van der Waals surface area contributed by atoms with E-state index in [9.17, 15) is 17.2 Å². The van der Waals surface area contributed by atoms with Crippen LogP contribution >= 0.6 is 0 Å². The maximum atomic E-state index is 13.3. The quantitative estimate of drug-likeness (QED) is 0.911. The molecule has 2 rings (SSSR count).